The number of nitrogens with one attached hydrogen (secondary N) is 1. The predicted octanol–water partition coefficient (Wildman–Crippen LogP) is 4.37. The zero-order valence-electron chi connectivity index (χ0n) is 11.2. The first-order valence-electron chi connectivity index (χ1n) is 6.54. The Balaban J connectivity index is 1.89. The van der Waals surface area contributed by atoms with Gasteiger partial charge in [-0.15, -0.1) is 0 Å². The molecule has 0 amide bonds. The maximum atomic E-state index is 8.95. The summed E-state index contributed by atoms with van der Waals surface area (Å²) in [7, 11) is 0. The standard InChI is InChI=1S/C17H12ClN3/c18-15-6-5-12(10-19)9-17(15)21-11-13-7-8-20-16-4-2-1-3-14(13)16/h1-9,21H,11H2. The van der Waals surface area contributed by atoms with Crippen molar-refractivity contribution in [2.24, 2.45) is 0 Å². The Morgan fingerprint density at radius 3 is 2.86 bits per heavy atom. The van der Waals surface area contributed by atoms with Crippen molar-refractivity contribution in [2.45, 2.75) is 6.54 Å². The van der Waals surface area contributed by atoms with Crippen LogP contribution in [-0.2, 0) is 6.54 Å². The Hall–Kier alpha value is -2.57. The van der Waals surface area contributed by atoms with Gasteiger partial charge in [-0.2, -0.15) is 5.26 Å². The van der Waals surface area contributed by atoms with E-state index in [1.165, 1.54) is 0 Å². The van der Waals surface area contributed by atoms with E-state index in [4.69, 9.17) is 16.9 Å². The molecule has 0 aliphatic rings. The van der Waals surface area contributed by atoms with Crippen LogP contribution >= 0.6 is 11.6 Å². The number of benzene rings is 2. The van der Waals surface area contributed by atoms with Gasteiger partial charge in [0.25, 0.3) is 0 Å². The van der Waals surface area contributed by atoms with Crippen molar-refractivity contribution in [3.05, 3.63) is 70.9 Å². The predicted molar refractivity (Wildman–Crippen MR) is 85.2 cm³/mol. The van der Waals surface area contributed by atoms with Crippen molar-refractivity contribution >= 4 is 28.2 Å². The van der Waals surface area contributed by atoms with Crippen LogP contribution in [-0.4, -0.2) is 4.98 Å². The molecule has 0 radical (unpaired) electrons. The molecule has 0 bridgehead atoms. The van der Waals surface area contributed by atoms with Gasteiger partial charge < -0.3 is 5.32 Å². The number of anilines is 1. The number of fused-ring (bicyclic) bond motifs is 1. The Morgan fingerprint density at radius 1 is 1.14 bits per heavy atom. The summed E-state index contributed by atoms with van der Waals surface area (Å²) >= 11 is 6.15. The van der Waals surface area contributed by atoms with Crippen molar-refractivity contribution < 1.29 is 0 Å². The van der Waals surface area contributed by atoms with Crippen molar-refractivity contribution in [2.75, 3.05) is 5.32 Å². The van der Waals surface area contributed by atoms with Crippen LogP contribution in [0.5, 0.6) is 0 Å². The lowest BCUT2D eigenvalue weighted by Gasteiger charge is -2.10. The molecule has 0 spiro atoms. The van der Waals surface area contributed by atoms with E-state index in [1.807, 2.05) is 30.3 Å². The summed E-state index contributed by atoms with van der Waals surface area (Å²) in [5, 5.41) is 14.0. The number of pyridine rings is 1. The van der Waals surface area contributed by atoms with Crippen molar-refractivity contribution in [3.63, 3.8) is 0 Å². The summed E-state index contributed by atoms with van der Waals surface area (Å²) < 4.78 is 0. The van der Waals surface area contributed by atoms with Crippen LogP contribution in [0.1, 0.15) is 11.1 Å². The Bertz CT molecular complexity index is 832. The fourth-order valence-electron chi connectivity index (χ4n) is 2.23. The van der Waals surface area contributed by atoms with E-state index in [9.17, 15) is 0 Å². The molecular weight excluding hydrogens is 282 g/mol. The summed E-state index contributed by atoms with van der Waals surface area (Å²) in [6.07, 6.45) is 1.80. The second-order valence-corrected chi connectivity index (χ2v) is 5.05. The molecule has 0 saturated heterocycles. The number of para-hydroxylation sites is 1. The van der Waals surface area contributed by atoms with Gasteiger partial charge in [-0.3, -0.25) is 4.98 Å². The van der Waals surface area contributed by atoms with E-state index in [-0.39, 0.29) is 0 Å². The number of aromatic nitrogens is 1. The molecule has 0 aliphatic heterocycles. The number of nitrogens with zero attached hydrogens (tertiary/aromatic N) is 2. The lowest BCUT2D eigenvalue weighted by molar-refractivity contribution is 1.16. The summed E-state index contributed by atoms with van der Waals surface area (Å²) in [4.78, 5) is 4.34. The number of nitriles is 1. The Morgan fingerprint density at radius 2 is 2.00 bits per heavy atom. The summed E-state index contributed by atoms with van der Waals surface area (Å²) in [6.45, 7) is 0.623. The van der Waals surface area contributed by atoms with Crippen LogP contribution in [0.3, 0.4) is 0 Å². The van der Waals surface area contributed by atoms with Crippen LogP contribution in [0.4, 0.5) is 5.69 Å². The van der Waals surface area contributed by atoms with Crippen molar-refractivity contribution in [1.82, 2.24) is 4.98 Å². The average molecular weight is 294 g/mol. The summed E-state index contributed by atoms with van der Waals surface area (Å²) in [6, 6.07) is 17.3. The fraction of sp³-hybridized carbons (Fsp3) is 0.0588. The molecule has 3 nitrogen and oxygen atoms in total. The molecule has 1 aromatic heterocycles. The van der Waals surface area contributed by atoms with Crippen molar-refractivity contribution in [1.29, 1.82) is 5.26 Å². The molecule has 4 heteroatoms. The first-order valence-corrected chi connectivity index (χ1v) is 6.92. The Labute approximate surface area is 127 Å². The molecule has 0 aliphatic carbocycles. The monoisotopic (exact) mass is 293 g/mol. The minimum Gasteiger partial charge on any atom is -0.380 e. The molecule has 0 unspecified atom stereocenters. The molecule has 21 heavy (non-hydrogen) atoms. The molecule has 0 atom stereocenters. The SMILES string of the molecule is N#Cc1ccc(Cl)c(NCc2ccnc3ccccc23)c1. The molecule has 0 saturated carbocycles. The average Bonchev–Trinajstić information content (AvgIpc) is 2.54. The highest BCUT2D eigenvalue weighted by Crippen LogP contribution is 2.24. The van der Waals surface area contributed by atoms with Gasteiger partial charge in [-0.25, -0.2) is 0 Å². The normalized spacial score (nSPS) is 10.3. The lowest BCUT2D eigenvalue weighted by atomic mass is 10.1. The van der Waals surface area contributed by atoms with Gasteiger partial charge in [0.2, 0.25) is 0 Å². The zero-order chi connectivity index (χ0) is 14.7. The zero-order valence-corrected chi connectivity index (χ0v) is 11.9. The second kappa shape index (κ2) is 5.82. The maximum Gasteiger partial charge on any atom is 0.0992 e. The quantitative estimate of drug-likeness (QED) is 0.780. The van der Waals surface area contributed by atoms with Gasteiger partial charge in [0, 0.05) is 18.1 Å². The molecule has 2 aromatic carbocycles. The van der Waals surface area contributed by atoms with Crippen LogP contribution < -0.4 is 5.32 Å². The minimum atomic E-state index is 0.585. The molecule has 3 aromatic rings. The van der Waals surface area contributed by atoms with Gasteiger partial charge in [0.15, 0.2) is 0 Å². The Kier molecular flexibility index (Phi) is 3.72. The molecule has 1 N–H and O–H groups in total. The van der Waals surface area contributed by atoms with Crippen LogP contribution in [0.2, 0.25) is 5.02 Å². The van der Waals surface area contributed by atoms with E-state index >= 15 is 0 Å². The number of hydrogen-bond donors (Lipinski definition) is 1. The van der Waals surface area contributed by atoms with E-state index in [2.05, 4.69) is 16.4 Å². The van der Waals surface area contributed by atoms with Gasteiger partial charge >= 0.3 is 0 Å². The minimum absolute atomic E-state index is 0.585. The summed E-state index contributed by atoms with van der Waals surface area (Å²) in [5.41, 5.74) is 3.45. The fourth-order valence-corrected chi connectivity index (χ4v) is 2.41. The third-order valence-corrected chi connectivity index (χ3v) is 3.63. The highest BCUT2D eigenvalue weighted by Gasteiger charge is 2.04. The van der Waals surface area contributed by atoms with E-state index < -0.39 is 0 Å². The maximum absolute atomic E-state index is 8.95. The first kappa shape index (κ1) is 13.4. The third kappa shape index (κ3) is 2.81. The van der Waals surface area contributed by atoms with Gasteiger partial charge in [0.1, 0.15) is 0 Å². The highest BCUT2D eigenvalue weighted by atomic mass is 35.5. The van der Waals surface area contributed by atoms with E-state index in [1.54, 1.807) is 24.4 Å². The smallest absolute Gasteiger partial charge is 0.0992 e. The van der Waals surface area contributed by atoms with Gasteiger partial charge in [0.05, 0.1) is 27.9 Å². The van der Waals surface area contributed by atoms with Crippen LogP contribution in [0, 0.1) is 11.3 Å². The van der Waals surface area contributed by atoms with Gasteiger partial charge in [-0.05, 0) is 35.9 Å². The number of halogens is 1. The molecule has 102 valence electrons. The second-order valence-electron chi connectivity index (χ2n) is 4.65. The topological polar surface area (TPSA) is 48.7 Å². The van der Waals surface area contributed by atoms with E-state index in [0.717, 1.165) is 22.2 Å². The van der Waals surface area contributed by atoms with Crippen LogP contribution in [0.15, 0.2) is 54.7 Å². The number of hydrogen-bond acceptors (Lipinski definition) is 3. The van der Waals surface area contributed by atoms with Crippen LogP contribution in [0.25, 0.3) is 10.9 Å². The van der Waals surface area contributed by atoms with Gasteiger partial charge in [-0.1, -0.05) is 29.8 Å². The first-order chi connectivity index (χ1) is 10.3. The molecule has 1 heterocycles. The number of rotatable bonds is 3. The third-order valence-electron chi connectivity index (χ3n) is 3.30. The lowest BCUT2D eigenvalue weighted by Crippen LogP contribution is -2.01. The highest BCUT2D eigenvalue weighted by molar-refractivity contribution is 6.33. The largest absolute Gasteiger partial charge is 0.380 e. The molecular formula is C17H12ClN3. The molecule has 0 fully saturated rings. The molecule has 3 rings (SSSR count). The van der Waals surface area contributed by atoms with Crippen molar-refractivity contribution in [3.8, 4) is 6.07 Å². The van der Waals surface area contributed by atoms with E-state index in [0.29, 0.717) is 17.1 Å². The summed E-state index contributed by atoms with van der Waals surface area (Å²) in [5.74, 6) is 0.